The highest BCUT2D eigenvalue weighted by atomic mass is 79.9. The first-order chi connectivity index (χ1) is 5.15. The minimum atomic E-state index is 0.509. The molecule has 0 aromatic carbocycles. The van der Waals surface area contributed by atoms with E-state index in [0.29, 0.717) is 6.54 Å². The van der Waals surface area contributed by atoms with E-state index in [0.717, 1.165) is 15.9 Å². The van der Waals surface area contributed by atoms with Crippen LogP contribution in [0.1, 0.15) is 17.0 Å². The van der Waals surface area contributed by atoms with Crippen LogP contribution in [0.3, 0.4) is 0 Å². The Morgan fingerprint density at radius 3 is 2.64 bits per heavy atom. The number of nitrogens with zero attached hydrogens (tertiary/aromatic N) is 1. The second-order valence-corrected chi connectivity index (χ2v) is 3.33. The number of aromatic nitrogens is 1. The fourth-order valence-electron chi connectivity index (χ4n) is 1.000. The molecule has 0 aliphatic carbocycles. The molecule has 2 N–H and O–H groups in total. The Balaban J connectivity index is 3.21. The minimum absolute atomic E-state index is 0.509. The molecule has 1 aromatic heterocycles. The molecule has 1 aromatic rings. The maximum absolute atomic E-state index is 5.46. The van der Waals surface area contributed by atoms with Gasteiger partial charge in [-0.05, 0) is 41.4 Å². The molecule has 2 nitrogen and oxygen atoms in total. The molecule has 1 rings (SSSR count). The molecule has 1 heterocycles. The molecule has 0 atom stereocenters. The van der Waals surface area contributed by atoms with Crippen molar-refractivity contribution in [1.82, 2.24) is 4.98 Å². The van der Waals surface area contributed by atoms with Crippen LogP contribution >= 0.6 is 15.9 Å². The molecule has 0 fully saturated rings. The van der Waals surface area contributed by atoms with Gasteiger partial charge in [-0.2, -0.15) is 0 Å². The summed E-state index contributed by atoms with van der Waals surface area (Å²) in [5.41, 5.74) is 8.60. The van der Waals surface area contributed by atoms with Crippen LogP contribution in [-0.2, 0) is 6.54 Å². The smallest absolute Gasteiger partial charge is 0.0546 e. The summed E-state index contributed by atoms with van der Waals surface area (Å²) >= 11 is 3.44. The Morgan fingerprint density at radius 2 is 2.18 bits per heavy atom. The van der Waals surface area contributed by atoms with Crippen LogP contribution < -0.4 is 5.73 Å². The molecular formula is C8H11BrN2. The van der Waals surface area contributed by atoms with Crippen molar-refractivity contribution in [2.24, 2.45) is 5.73 Å². The summed E-state index contributed by atoms with van der Waals surface area (Å²) in [6.45, 7) is 4.52. The van der Waals surface area contributed by atoms with Gasteiger partial charge in [0.15, 0.2) is 0 Å². The number of rotatable bonds is 1. The minimum Gasteiger partial charge on any atom is -0.325 e. The van der Waals surface area contributed by atoms with Gasteiger partial charge in [0, 0.05) is 11.0 Å². The van der Waals surface area contributed by atoms with E-state index >= 15 is 0 Å². The van der Waals surface area contributed by atoms with Crippen molar-refractivity contribution >= 4 is 15.9 Å². The van der Waals surface area contributed by atoms with Crippen LogP contribution in [0.15, 0.2) is 10.5 Å². The second-order valence-electron chi connectivity index (χ2n) is 2.53. The monoisotopic (exact) mass is 214 g/mol. The average Bonchev–Trinajstić information content (AvgIpc) is 1.99. The molecule has 0 radical (unpaired) electrons. The van der Waals surface area contributed by atoms with Gasteiger partial charge in [0.05, 0.1) is 11.4 Å². The van der Waals surface area contributed by atoms with E-state index in [-0.39, 0.29) is 0 Å². The van der Waals surface area contributed by atoms with Gasteiger partial charge in [-0.25, -0.2) is 0 Å². The highest BCUT2D eigenvalue weighted by Gasteiger charge is 2.01. The molecule has 0 unspecified atom stereocenters. The molecule has 0 aliphatic rings. The molecule has 0 saturated heterocycles. The van der Waals surface area contributed by atoms with E-state index in [9.17, 15) is 0 Å². The van der Waals surface area contributed by atoms with Crippen LogP contribution in [0.5, 0.6) is 0 Å². The molecule has 0 amide bonds. The summed E-state index contributed by atoms with van der Waals surface area (Å²) < 4.78 is 1.08. The lowest BCUT2D eigenvalue weighted by Crippen LogP contribution is -2.01. The summed E-state index contributed by atoms with van der Waals surface area (Å²) in [5.74, 6) is 0. The van der Waals surface area contributed by atoms with Gasteiger partial charge in [-0.3, -0.25) is 4.98 Å². The van der Waals surface area contributed by atoms with Crippen molar-refractivity contribution in [3.63, 3.8) is 0 Å². The number of aryl methyl sites for hydroxylation is 2. The number of nitrogens with two attached hydrogens (primary N) is 1. The Bertz CT molecular complexity index is 248. The zero-order valence-corrected chi connectivity index (χ0v) is 8.27. The van der Waals surface area contributed by atoms with Gasteiger partial charge >= 0.3 is 0 Å². The lowest BCUT2D eigenvalue weighted by atomic mass is 10.2. The Labute approximate surface area is 75.0 Å². The number of hydrogen-bond donors (Lipinski definition) is 1. The third-order valence-corrected chi connectivity index (χ3v) is 2.77. The van der Waals surface area contributed by atoms with Crippen molar-refractivity contribution in [1.29, 1.82) is 0 Å². The number of pyridine rings is 1. The van der Waals surface area contributed by atoms with E-state index in [2.05, 4.69) is 20.9 Å². The number of hydrogen-bond acceptors (Lipinski definition) is 2. The van der Waals surface area contributed by atoms with Crippen molar-refractivity contribution in [2.45, 2.75) is 20.4 Å². The summed E-state index contributed by atoms with van der Waals surface area (Å²) in [6.07, 6.45) is 0. The van der Waals surface area contributed by atoms with Gasteiger partial charge in [-0.15, -0.1) is 0 Å². The van der Waals surface area contributed by atoms with E-state index in [1.54, 1.807) is 0 Å². The van der Waals surface area contributed by atoms with E-state index in [4.69, 9.17) is 5.73 Å². The third-order valence-electron chi connectivity index (χ3n) is 1.57. The molecule has 60 valence electrons. The zero-order chi connectivity index (χ0) is 8.43. The fourth-order valence-corrected chi connectivity index (χ4v) is 1.20. The average molecular weight is 215 g/mol. The molecule has 0 spiro atoms. The summed E-state index contributed by atoms with van der Waals surface area (Å²) in [7, 11) is 0. The van der Waals surface area contributed by atoms with Crippen LogP contribution in [0.2, 0.25) is 0 Å². The van der Waals surface area contributed by atoms with Gasteiger partial charge in [-0.1, -0.05) is 0 Å². The predicted octanol–water partition coefficient (Wildman–Crippen LogP) is 1.92. The fraction of sp³-hybridized carbons (Fsp3) is 0.375. The topological polar surface area (TPSA) is 38.9 Å². The highest BCUT2D eigenvalue weighted by Crippen LogP contribution is 2.19. The predicted molar refractivity (Wildman–Crippen MR) is 49.3 cm³/mol. The van der Waals surface area contributed by atoms with Crippen molar-refractivity contribution < 1.29 is 0 Å². The standard InChI is InChI=1S/C8H11BrN2/c1-5-3-7(4-10)11-6(2)8(5)9/h3H,4,10H2,1-2H3. The molecular weight excluding hydrogens is 204 g/mol. The molecule has 11 heavy (non-hydrogen) atoms. The number of halogens is 1. The second kappa shape index (κ2) is 3.32. The van der Waals surface area contributed by atoms with E-state index in [1.807, 2.05) is 19.9 Å². The first-order valence-corrected chi connectivity index (χ1v) is 4.27. The molecule has 0 bridgehead atoms. The Kier molecular flexibility index (Phi) is 2.62. The molecule has 0 saturated carbocycles. The largest absolute Gasteiger partial charge is 0.325 e. The van der Waals surface area contributed by atoms with E-state index < -0.39 is 0 Å². The van der Waals surface area contributed by atoms with Crippen molar-refractivity contribution in [2.75, 3.05) is 0 Å². The summed E-state index contributed by atoms with van der Waals surface area (Å²) in [4.78, 5) is 4.28. The first-order valence-electron chi connectivity index (χ1n) is 3.48. The highest BCUT2D eigenvalue weighted by molar-refractivity contribution is 9.10. The van der Waals surface area contributed by atoms with Crippen LogP contribution in [0, 0.1) is 13.8 Å². The molecule has 0 aliphatic heterocycles. The van der Waals surface area contributed by atoms with Crippen LogP contribution in [-0.4, -0.2) is 4.98 Å². The summed E-state index contributed by atoms with van der Waals surface area (Å²) in [5, 5.41) is 0. The van der Waals surface area contributed by atoms with Gasteiger partial charge in [0.2, 0.25) is 0 Å². The van der Waals surface area contributed by atoms with Crippen LogP contribution in [0.25, 0.3) is 0 Å². The Hall–Kier alpha value is -0.410. The van der Waals surface area contributed by atoms with Crippen molar-refractivity contribution in [3.8, 4) is 0 Å². The first kappa shape index (κ1) is 8.68. The van der Waals surface area contributed by atoms with E-state index in [1.165, 1.54) is 5.56 Å². The Morgan fingerprint density at radius 1 is 1.55 bits per heavy atom. The van der Waals surface area contributed by atoms with Gasteiger partial charge in [0.25, 0.3) is 0 Å². The van der Waals surface area contributed by atoms with Crippen molar-refractivity contribution in [3.05, 3.63) is 27.5 Å². The third kappa shape index (κ3) is 1.79. The lowest BCUT2D eigenvalue weighted by Gasteiger charge is -2.04. The quantitative estimate of drug-likeness (QED) is 0.777. The maximum atomic E-state index is 5.46. The normalized spacial score (nSPS) is 10.2. The SMILES string of the molecule is Cc1cc(CN)nc(C)c1Br. The maximum Gasteiger partial charge on any atom is 0.0546 e. The molecule has 3 heteroatoms. The van der Waals surface area contributed by atoms with Gasteiger partial charge in [0.1, 0.15) is 0 Å². The van der Waals surface area contributed by atoms with Gasteiger partial charge < -0.3 is 5.73 Å². The zero-order valence-electron chi connectivity index (χ0n) is 6.69. The summed E-state index contributed by atoms with van der Waals surface area (Å²) in [6, 6.07) is 2.00. The van der Waals surface area contributed by atoms with Crippen LogP contribution in [0.4, 0.5) is 0 Å². The lowest BCUT2D eigenvalue weighted by molar-refractivity contribution is 0.956.